The quantitative estimate of drug-likeness (QED) is 0.166. The topological polar surface area (TPSA) is 192 Å². The fraction of sp³-hybridized carbons (Fsp3) is 0.368. The molecule has 3 aromatic rings. The van der Waals surface area contributed by atoms with Crippen molar-refractivity contribution in [2.75, 3.05) is 6.54 Å². The number of para-hydroxylation sites is 1. The van der Waals surface area contributed by atoms with Gasteiger partial charge in [-0.1, -0.05) is 74.5 Å². The molecule has 13 heteroatoms. The lowest BCUT2D eigenvalue weighted by Crippen LogP contribution is -2.57. The van der Waals surface area contributed by atoms with Crippen LogP contribution in [0, 0.1) is 5.92 Å². The van der Waals surface area contributed by atoms with Crippen LogP contribution in [0.15, 0.2) is 78.9 Å². The average molecular weight is 700 g/mol. The largest absolute Gasteiger partial charge is 0.508 e. The predicted molar refractivity (Wildman–Crippen MR) is 188 cm³/mol. The fourth-order valence-electron chi connectivity index (χ4n) is 5.54. The van der Waals surface area contributed by atoms with E-state index >= 15 is 0 Å². The number of aryl methyl sites for hydroxylation is 1. The maximum absolute atomic E-state index is 13.8. The molecule has 51 heavy (non-hydrogen) atoms. The summed E-state index contributed by atoms with van der Waals surface area (Å²) in [7, 11) is 0. The van der Waals surface area contributed by atoms with E-state index in [-0.39, 0.29) is 49.5 Å². The lowest BCUT2D eigenvalue weighted by Gasteiger charge is -2.25. The Morgan fingerprint density at radius 2 is 1.27 bits per heavy atom. The van der Waals surface area contributed by atoms with Crippen LogP contribution in [0.1, 0.15) is 50.3 Å². The second-order valence-electron chi connectivity index (χ2n) is 13.0. The van der Waals surface area contributed by atoms with Crippen molar-refractivity contribution in [1.29, 1.82) is 0 Å². The van der Waals surface area contributed by atoms with E-state index in [2.05, 4.69) is 26.6 Å². The van der Waals surface area contributed by atoms with Crippen LogP contribution in [-0.4, -0.2) is 71.3 Å². The average Bonchev–Trinajstić information content (AvgIpc) is 3.10. The van der Waals surface area contributed by atoms with Crippen molar-refractivity contribution < 1.29 is 38.6 Å². The van der Waals surface area contributed by atoms with Crippen molar-refractivity contribution in [2.24, 2.45) is 5.92 Å². The van der Waals surface area contributed by atoms with E-state index in [1.807, 2.05) is 19.9 Å². The third kappa shape index (κ3) is 12.0. The standard InChI is InChI=1S/C38H45N5O8/c1-23(2)19-31-38(50)51-32-12-8-7-11-27(32)15-18-33(45)41-29(21-26-13-16-28(44)17-14-26)36(48)39-22-34(46)40-24(3)35(47)42-30(37(49)43-31)20-25-9-5-4-6-10-25/h4-14,16-17,23-24,29-31,44H,15,18-22H2,1-3H3,(H,39,48)(H,40,46)(H,41,45)(H,42,47)(H,43,49)/t24-,29+,30+,31+/m1/s1. The van der Waals surface area contributed by atoms with Crippen molar-refractivity contribution >= 4 is 35.5 Å². The maximum Gasteiger partial charge on any atom is 0.334 e. The Morgan fingerprint density at radius 1 is 0.667 bits per heavy atom. The molecule has 6 N–H and O–H groups in total. The number of amides is 5. The second-order valence-corrected chi connectivity index (χ2v) is 13.0. The molecule has 270 valence electrons. The van der Waals surface area contributed by atoms with Crippen LogP contribution in [0.25, 0.3) is 0 Å². The van der Waals surface area contributed by atoms with Gasteiger partial charge in [0, 0.05) is 19.3 Å². The van der Waals surface area contributed by atoms with Gasteiger partial charge in [-0.2, -0.15) is 0 Å². The zero-order valence-corrected chi connectivity index (χ0v) is 28.9. The van der Waals surface area contributed by atoms with Crippen LogP contribution in [0.3, 0.4) is 0 Å². The molecule has 0 bridgehead atoms. The van der Waals surface area contributed by atoms with Crippen LogP contribution in [-0.2, 0) is 48.0 Å². The first-order valence-corrected chi connectivity index (χ1v) is 17.0. The minimum atomic E-state index is -1.11. The first-order valence-electron chi connectivity index (χ1n) is 17.0. The molecule has 4 atom stereocenters. The molecule has 3 aromatic carbocycles. The molecule has 5 amide bonds. The summed E-state index contributed by atoms with van der Waals surface area (Å²) >= 11 is 0. The molecule has 4 rings (SSSR count). The highest BCUT2D eigenvalue weighted by Gasteiger charge is 2.31. The van der Waals surface area contributed by atoms with E-state index in [0.29, 0.717) is 11.1 Å². The van der Waals surface area contributed by atoms with Gasteiger partial charge >= 0.3 is 5.97 Å². The molecule has 0 spiro atoms. The number of phenols is 1. The van der Waals surface area contributed by atoms with Crippen molar-refractivity contribution in [2.45, 2.75) is 77.0 Å². The number of phenolic OH excluding ortho intramolecular Hbond substituents is 1. The third-order valence-electron chi connectivity index (χ3n) is 8.25. The van der Waals surface area contributed by atoms with Gasteiger partial charge in [0.2, 0.25) is 29.5 Å². The maximum atomic E-state index is 13.8. The third-order valence-corrected chi connectivity index (χ3v) is 8.25. The Hall–Kier alpha value is -5.72. The highest BCUT2D eigenvalue weighted by atomic mass is 16.5. The molecule has 0 aliphatic carbocycles. The van der Waals surface area contributed by atoms with Crippen LogP contribution in [0.4, 0.5) is 0 Å². The Kier molecular flexibility index (Phi) is 13.7. The summed E-state index contributed by atoms with van der Waals surface area (Å²) in [4.78, 5) is 80.0. The molecular weight excluding hydrogens is 654 g/mol. The lowest BCUT2D eigenvalue weighted by atomic mass is 10.0. The molecule has 0 saturated carbocycles. The van der Waals surface area contributed by atoms with Crippen molar-refractivity contribution in [3.05, 3.63) is 95.6 Å². The van der Waals surface area contributed by atoms with E-state index in [9.17, 15) is 33.9 Å². The molecule has 0 fully saturated rings. The van der Waals surface area contributed by atoms with Crippen LogP contribution < -0.4 is 31.3 Å². The van der Waals surface area contributed by atoms with E-state index < -0.39 is 66.2 Å². The number of hydrogen-bond donors (Lipinski definition) is 6. The van der Waals surface area contributed by atoms with Gasteiger partial charge in [0.1, 0.15) is 35.7 Å². The van der Waals surface area contributed by atoms with E-state index in [4.69, 9.17) is 4.74 Å². The number of hydrogen-bond acceptors (Lipinski definition) is 8. The number of benzene rings is 3. The number of nitrogens with one attached hydrogen (secondary N) is 5. The zero-order valence-electron chi connectivity index (χ0n) is 28.9. The van der Waals surface area contributed by atoms with Crippen molar-refractivity contribution in [3.8, 4) is 11.5 Å². The highest BCUT2D eigenvalue weighted by Crippen LogP contribution is 2.21. The molecule has 1 aliphatic heterocycles. The van der Waals surface area contributed by atoms with Crippen LogP contribution in [0.5, 0.6) is 11.5 Å². The van der Waals surface area contributed by atoms with Crippen molar-refractivity contribution in [3.63, 3.8) is 0 Å². The van der Waals surface area contributed by atoms with E-state index in [1.165, 1.54) is 19.1 Å². The Bertz CT molecular complexity index is 1700. The number of esters is 1. The highest BCUT2D eigenvalue weighted by molar-refractivity contribution is 5.95. The Labute approximate surface area is 296 Å². The zero-order chi connectivity index (χ0) is 36.9. The lowest BCUT2D eigenvalue weighted by molar-refractivity contribution is -0.140. The molecule has 1 heterocycles. The molecule has 0 radical (unpaired) electrons. The van der Waals surface area contributed by atoms with Gasteiger partial charge in [0.25, 0.3) is 0 Å². The first-order chi connectivity index (χ1) is 24.4. The minimum Gasteiger partial charge on any atom is -0.508 e. The van der Waals surface area contributed by atoms with Gasteiger partial charge in [0.05, 0.1) is 6.54 Å². The SMILES string of the molecule is CC(C)C[C@@H]1NC(=O)[C@H](Cc2ccccc2)NC(=O)[C@@H](C)NC(=O)CNC(=O)[C@H](Cc2ccc(O)cc2)NC(=O)CCc2ccccc2OC1=O. The van der Waals surface area contributed by atoms with Gasteiger partial charge in [-0.05, 0) is 60.6 Å². The molecule has 0 aromatic heterocycles. The van der Waals surface area contributed by atoms with Crippen LogP contribution in [0.2, 0.25) is 0 Å². The van der Waals surface area contributed by atoms with Crippen molar-refractivity contribution in [1.82, 2.24) is 26.6 Å². The smallest absolute Gasteiger partial charge is 0.334 e. The minimum absolute atomic E-state index is 0.0143. The number of ether oxygens (including phenoxy) is 1. The van der Waals surface area contributed by atoms with Gasteiger partial charge in [-0.3, -0.25) is 24.0 Å². The molecule has 1 aliphatic rings. The summed E-state index contributed by atoms with van der Waals surface area (Å²) in [6.07, 6.45) is 0.512. The molecule has 0 unspecified atom stereocenters. The first kappa shape index (κ1) is 38.1. The fourth-order valence-corrected chi connectivity index (χ4v) is 5.54. The summed E-state index contributed by atoms with van der Waals surface area (Å²) < 4.78 is 5.82. The number of fused-ring (bicyclic) bond motifs is 1. The van der Waals surface area contributed by atoms with Gasteiger partial charge < -0.3 is 36.4 Å². The summed E-state index contributed by atoms with van der Waals surface area (Å²) in [6, 6.07) is 17.6. The number of carbonyl (C=O) groups is 6. The molecule has 13 nitrogen and oxygen atoms in total. The summed E-state index contributed by atoms with van der Waals surface area (Å²) in [6.45, 7) is 4.74. The number of carbonyl (C=O) groups excluding carboxylic acids is 6. The second kappa shape index (κ2) is 18.3. The summed E-state index contributed by atoms with van der Waals surface area (Å²) in [5, 5.41) is 22.9. The monoisotopic (exact) mass is 699 g/mol. The summed E-state index contributed by atoms with van der Waals surface area (Å²) in [5.74, 6) is -3.53. The molecule has 0 saturated heterocycles. The Balaban J connectivity index is 1.64. The normalized spacial score (nSPS) is 21.5. The van der Waals surface area contributed by atoms with Gasteiger partial charge in [0.15, 0.2) is 0 Å². The predicted octanol–water partition coefficient (Wildman–Crippen LogP) is 1.85. The van der Waals surface area contributed by atoms with E-state index in [1.54, 1.807) is 60.7 Å². The number of aromatic hydroxyl groups is 1. The molecular formula is C38H45N5O8. The van der Waals surface area contributed by atoms with E-state index in [0.717, 1.165) is 5.56 Å². The Morgan fingerprint density at radius 3 is 1.96 bits per heavy atom. The van der Waals surface area contributed by atoms with Crippen LogP contribution >= 0.6 is 0 Å². The van der Waals surface area contributed by atoms with Gasteiger partial charge in [-0.15, -0.1) is 0 Å². The van der Waals surface area contributed by atoms with Gasteiger partial charge in [-0.25, -0.2) is 4.79 Å². The number of rotatable bonds is 6. The summed E-state index contributed by atoms with van der Waals surface area (Å²) in [5.41, 5.74) is 1.96.